The molecule has 1 aromatic carbocycles. The van der Waals surface area contributed by atoms with E-state index in [1.807, 2.05) is 5.38 Å². The van der Waals surface area contributed by atoms with E-state index in [4.69, 9.17) is 0 Å². The lowest BCUT2D eigenvalue weighted by Crippen LogP contribution is -2.04. The van der Waals surface area contributed by atoms with Crippen molar-refractivity contribution in [2.45, 2.75) is 32.8 Å². The molecule has 1 aromatic heterocycles. The minimum absolute atomic E-state index is 0.315. The first-order valence-corrected chi connectivity index (χ1v) is 6.68. The fraction of sp³-hybridized carbons (Fsp3) is 0.357. The lowest BCUT2D eigenvalue weighted by Gasteiger charge is -2.00. The van der Waals surface area contributed by atoms with Gasteiger partial charge >= 0.3 is 0 Å². The maximum absolute atomic E-state index is 9.30. The first-order valence-electron chi connectivity index (χ1n) is 5.80. The van der Waals surface area contributed by atoms with Gasteiger partial charge in [-0.2, -0.15) is 0 Å². The van der Waals surface area contributed by atoms with Gasteiger partial charge in [-0.25, -0.2) is 4.98 Å². The number of aryl methyl sites for hydroxylation is 1. The molecule has 0 saturated carbocycles. The van der Waals surface area contributed by atoms with Crippen LogP contribution in [-0.2, 0) is 12.8 Å². The van der Waals surface area contributed by atoms with Gasteiger partial charge in [0.15, 0.2) is 0 Å². The van der Waals surface area contributed by atoms with Crippen molar-refractivity contribution in [3.63, 3.8) is 0 Å². The second kappa shape index (κ2) is 5.43. The Labute approximate surface area is 106 Å². The number of thiazole rings is 1. The molecule has 0 aliphatic rings. The van der Waals surface area contributed by atoms with Crippen LogP contribution in [0.25, 0.3) is 0 Å². The average molecular weight is 247 g/mol. The summed E-state index contributed by atoms with van der Waals surface area (Å²) >= 11 is 1.67. The van der Waals surface area contributed by atoms with Crippen LogP contribution in [-0.4, -0.2) is 16.2 Å². The number of aliphatic hydroxyl groups is 1. The van der Waals surface area contributed by atoms with E-state index in [0.717, 1.165) is 17.1 Å². The van der Waals surface area contributed by atoms with Gasteiger partial charge in [0.05, 0.1) is 16.8 Å². The number of rotatable bonds is 4. The van der Waals surface area contributed by atoms with E-state index in [9.17, 15) is 5.11 Å². The van der Waals surface area contributed by atoms with Gasteiger partial charge in [-0.05, 0) is 19.4 Å². The standard InChI is InChI=1S/C14H17NOS/c1-10-3-5-12(6-4-10)8-14-15-13(9-17-14)7-11(2)16/h3-6,9,11,16H,7-8H2,1-2H3. The Morgan fingerprint density at radius 1 is 1.29 bits per heavy atom. The molecular weight excluding hydrogens is 230 g/mol. The zero-order valence-electron chi connectivity index (χ0n) is 10.2. The van der Waals surface area contributed by atoms with Gasteiger partial charge in [0.2, 0.25) is 0 Å². The normalized spacial score (nSPS) is 12.6. The predicted octanol–water partition coefficient (Wildman–Crippen LogP) is 2.97. The van der Waals surface area contributed by atoms with E-state index in [-0.39, 0.29) is 6.10 Å². The molecule has 1 heterocycles. The third-order valence-electron chi connectivity index (χ3n) is 2.58. The summed E-state index contributed by atoms with van der Waals surface area (Å²) in [4.78, 5) is 4.53. The van der Waals surface area contributed by atoms with Gasteiger partial charge in [0.1, 0.15) is 0 Å². The summed E-state index contributed by atoms with van der Waals surface area (Å²) in [5.41, 5.74) is 3.56. The van der Waals surface area contributed by atoms with E-state index < -0.39 is 0 Å². The van der Waals surface area contributed by atoms with Gasteiger partial charge in [0, 0.05) is 18.2 Å². The molecule has 0 spiro atoms. The molecule has 0 bridgehead atoms. The SMILES string of the molecule is Cc1ccc(Cc2nc(CC(C)O)cs2)cc1. The first-order chi connectivity index (χ1) is 8.13. The second-order valence-electron chi connectivity index (χ2n) is 4.45. The largest absolute Gasteiger partial charge is 0.393 e. The zero-order valence-corrected chi connectivity index (χ0v) is 11.0. The summed E-state index contributed by atoms with van der Waals surface area (Å²) < 4.78 is 0. The van der Waals surface area contributed by atoms with Crippen molar-refractivity contribution in [1.29, 1.82) is 0 Å². The Bertz CT molecular complexity index is 473. The fourth-order valence-corrected chi connectivity index (χ4v) is 2.55. The van der Waals surface area contributed by atoms with Gasteiger partial charge in [-0.15, -0.1) is 11.3 Å². The molecule has 0 fully saturated rings. The fourth-order valence-electron chi connectivity index (χ4n) is 1.71. The first kappa shape index (κ1) is 12.3. The number of nitrogens with zero attached hydrogens (tertiary/aromatic N) is 1. The molecule has 0 saturated heterocycles. The van der Waals surface area contributed by atoms with Crippen LogP contribution in [0.2, 0.25) is 0 Å². The zero-order chi connectivity index (χ0) is 12.3. The quantitative estimate of drug-likeness (QED) is 0.901. The monoisotopic (exact) mass is 247 g/mol. The van der Waals surface area contributed by atoms with Crippen molar-refractivity contribution in [3.8, 4) is 0 Å². The number of aliphatic hydroxyl groups excluding tert-OH is 1. The van der Waals surface area contributed by atoms with Gasteiger partial charge in [-0.1, -0.05) is 29.8 Å². The van der Waals surface area contributed by atoms with Crippen LogP contribution in [0.3, 0.4) is 0 Å². The average Bonchev–Trinajstić information content (AvgIpc) is 2.68. The van der Waals surface area contributed by atoms with Crippen LogP contribution >= 0.6 is 11.3 Å². The molecule has 2 rings (SSSR count). The van der Waals surface area contributed by atoms with Gasteiger partial charge in [-0.3, -0.25) is 0 Å². The Hall–Kier alpha value is -1.19. The third kappa shape index (κ3) is 3.65. The van der Waals surface area contributed by atoms with Crippen LogP contribution in [0.4, 0.5) is 0 Å². The highest BCUT2D eigenvalue weighted by Crippen LogP contribution is 2.16. The molecule has 0 aliphatic heterocycles. The summed E-state index contributed by atoms with van der Waals surface area (Å²) in [5, 5.41) is 12.5. The smallest absolute Gasteiger partial charge is 0.0972 e. The Kier molecular flexibility index (Phi) is 3.92. The van der Waals surface area contributed by atoms with Crippen LogP contribution in [0.1, 0.15) is 28.8 Å². The summed E-state index contributed by atoms with van der Waals surface area (Å²) in [6.45, 7) is 3.88. The van der Waals surface area contributed by atoms with Gasteiger partial charge in [0.25, 0.3) is 0 Å². The molecule has 1 N–H and O–H groups in total. The van der Waals surface area contributed by atoms with E-state index >= 15 is 0 Å². The van der Waals surface area contributed by atoms with Crippen molar-refractivity contribution in [3.05, 3.63) is 51.5 Å². The Balaban J connectivity index is 2.03. The molecule has 0 radical (unpaired) electrons. The van der Waals surface area contributed by atoms with E-state index in [1.54, 1.807) is 18.3 Å². The van der Waals surface area contributed by atoms with E-state index in [0.29, 0.717) is 6.42 Å². The molecule has 1 unspecified atom stereocenters. The predicted molar refractivity (Wildman–Crippen MR) is 71.5 cm³/mol. The van der Waals surface area contributed by atoms with Crippen molar-refractivity contribution < 1.29 is 5.11 Å². The number of hydrogen-bond donors (Lipinski definition) is 1. The topological polar surface area (TPSA) is 33.1 Å². The van der Waals surface area contributed by atoms with Crippen molar-refractivity contribution >= 4 is 11.3 Å². The van der Waals surface area contributed by atoms with Gasteiger partial charge < -0.3 is 5.11 Å². The number of hydrogen-bond acceptors (Lipinski definition) is 3. The summed E-state index contributed by atoms with van der Waals surface area (Å²) in [6, 6.07) is 8.54. The van der Waals surface area contributed by atoms with Crippen molar-refractivity contribution in [2.24, 2.45) is 0 Å². The summed E-state index contributed by atoms with van der Waals surface area (Å²) in [7, 11) is 0. The highest BCUT2D eigenvalue weighted by Gasteiger charge is 2.05. The highest BCUT2D eigenvalue weighted by molar-refractivity contribution is 7.09. The summed E-state index contributed by atoms with van der Waals surface area (Å²) in [6.07, 6.45) is 1.21. The molecule has 90 valence electrons. The van der Waals surface area contributed by atoms with Crippen LogP contribution in [0.5, 0.6) is 0 Å². The highest BCUT2D eigenvalue weighted by atomic mass is 32.1. The molecule has 2 aromatic rings. The van der Waals surface area contributed by atoms with E-state index in [2.05, 4.69) is 36.2 Å². The van der Waals surface area contributed by atoms with Crippen LogP contribution < -0.4 is 0 Å². The Morgan fingerprint density at radius 2 is 2.00 bits per heavy atom. The minimum atomic E-state index is -0.315. The summed E-state index contributed by atoms with van der Waals surface area (Å²) in [5.74, 6) is 0. The van der Waals surface area contributed by atoms with Crippen LogP contribution in [0, 0.1) is 6.92 Å². The lowest BCUT2D eigenvalue weighted by atomic mass is 10.1. The molecular formula is C14H17NOS. The van der Waals surface area contributed by atoms with Crippen molar-refractivity contribution in [2.75, 3.05) is 0 Å². The maximum atomic E-state index is 9.30. The molecule has 17 heavy (non-hydrogen) atoms. The maximum Gasteiger partial charge on any atom is 0.0972 e. The van der Waals surface area contributed by atoms with Crippen molar-refractivity contribution in [1.82, 2.24) is 4.98 Å². The second-order valence-corrected chi connectivity index (χ2v) is 5.39. The number of benzene rings is 1. The molecule has 3 heteroatoms. The molecule has 0 amide bonds. The minimum Gasteiger partial charge on any atom is -0.393 e. The number of aromatic nitrogens is 1. The molecule has 1 atom stereocenters. The molecule has 2 nitrogen and oxygen atoms in total. The molecule has 0 aliphatic carbocycles. The van der Waals surface area contributed by atoms with E-state index in [1.165, 1.54) is 11.1 Å². The lowest BCUT2D eigenvalue weighted by molar-refractivity contribution is 0.194. The third-order valence-corrected chi connectivity index (χ3v) is 3.48. The Morgan fingerprint density at radius 3 is 2.65 bits per heavy atom. The van der Waals surface area contributed by atoms with Crippen LogP contribution in [0.15, 0.2) is 29.6 Å².